The standard InChI is InChI=1S/C13H15N5O2/c1-3-7-15-13-16-9(2)12(18(19)20)11(17-13)10-6-4-5-8-14-10/h4-6,8H,3,7H2,1-2H3,(H,15,16,17). The summed E-state index contributed by atoms with van der Waals surface area (Å²) in [5.41, 5.74) is 0.918. The molecule has 0 aromatic carbocycles. The van der Waals surface area contributed by atoms with Gasteiger partial charge in [0, 0.05) is 12.7 Å². The van der Waals surface area contributed by atoms with Gasteiger partial charge in [0.2, 0.25) is 5.95 Å². The van der Waals surface area contributed by atoms with E-state index >= 15 is 0 Å². The molecule has 0 aliphatic rings. The van der Waals surface area contributed by atoms with E-state index < -0.39 is 4.92 Å². The lowest BCUT2D eigenvalue weighted by Crippen LogP contribution is -2.09. The van der Waals surface area contributed by atoms with E-state index in [0.29, 0.717) is 23.9 Å². The topological polar surface area (TPSA) is 93.8 Å². The first-order valence-corrected chi connectivity index (χ1v) is 6.31. The summed E-state index contributed by atoms with van der Waals surface area (Å²) in [6.45, 7) is 4.33. The Morgan fingerprint density at radius 2 is 2.15 bits per heavy atom. The highest BCUT2D eigenvalue weighted by Crippen LogP contribution is 2.29. The highest BCUT2D eigenvalue weighted by atomic mass is 16.6. The highest BCUT2D eigenvalue weighted by Gasteiger charge is 2.23. The fourth-order valence-electron chi connectivity index (χ4n) is 1.78. The quantitative estimate of drug-likeness (QED) is 0.664. The number of hydrogen-bond donors (Lipinski definition) is 1. The van der Waals surface area contributed by atoms with E-state index in [1.165, 1.54) is 0 Å². The summed E-state index contributed by atoms with van der Waals surface area (Å²) in [7, 11) is 0. The number of nitrogens with zero attached hydrogens (tertiary/aromatic N) is 4. The Kier molecular flexibility index (Phi) is 4.19. The third kappa shape index (κ3) is 2.87. The molecule has 0 atom stereocenters. The Labute approximate surface area is 116 Å². The minimum absolute atomic E-state index is 0.106. The largest absolute Gasteiger partial charge is 0.354 e. The minimum Gasteiger partial charge on any atom is -0.354 e. The van der Waals surface area contributed by atoms with Crippen LogP contribution in [-0.2, 0) is 0 Å². The molecule has 1 N–H and O–H groups in total. The summed E-state index contributed by atoms with van der Waals surface area (Å²) >= 11 is 0. The van der Waals surface area contributed by atoms with Crippen LogP contribution in [0.2, 0.25) is 0 Å². The first-order chi connectivity index (χ1) is 9.63. The van der Waals surface area contributed by atoms with Crippen molar-refractivity contribution in [2.24, 2.45) is 0 Å². The van der Waals surface area contributed by atoms with E-state index in [0.717, 1.165) is 6.42 Å². The predicted molar refractivity (Wildman–Crippen MR) is 75.4 cm³/mol. The molecule has 0 unspecified atom stereocenters. The van der Waals surface area contributed by atoms with Gasteiger partial charge in [0.15, 0.2) is 5.69 Å². The van der Waals surface area contributed by atoms with Crippen LogP contribution in [0.25, 0.3) is 11.4 Å². The number of nitro groups is 1. The molecule has 7 heteroatoms. The molecule has 2 rings (SSSR count). The van der Waals surface area contributed by atoms with Crippen molar-refractivity contribution in [3.05, 3.63) is 40.2 Å². The Morgan fingerprint density at radius 3 is 2.75 bits per heavy atom. The van der Waals surface area contributed by atoms with Crippen LogP contribution in [0.15, 0.2) is 24.4 Å². The smallest absolute Gasteiger partial charge is 0.318 e. The van der Waals surface area contributed by atoms with Crippen LogP contribution in [0.1, 0.15) is 19.0 Å². The predicted octanol–water partition coefficient (Wildman–Crippen LogP) is 2.58. The van der Waals surface area contributed by atoms with Gasteiger partial charge in [0.05, 0.1) is 10.6 Å². The van der Waals surface area contributed by atoms with Crippen molar-refractivity contribution in [1.82, 2.24) is 15.0 Å². The lowest BCUT2D eigenvalue weighted by atomic mass is 10.2. The van der Waals surface area contributed by atoms with E-state index in [1.807, 2.05) is 6.92 Å². The van der Waals surface area contributed by atoms with E-state index in [4.69, 9.17) is 0 Å². The molecule has 20 heavy (non-hydrogen) atoms. The Balaban J connectivity index is 2.56. The molecule has 2 heterocycles. The summed E-state index contributed by atoms with van der Waals surface area (Å²) in [5, 5.41) is 14.3. The molecule has 2 aromatic rings. The fourth-order valence-corrected chi connectivity index (χ4v) is 1.78. The average Bonchev–Trinajstić information content (AvgIpc) is 2.45. The van der Waals surface area contributed by atoms with Crippen molar-refractivity contribution in [3.8, 4) is 11.4 Å². The molecule has 2 aromatic heterocycles. The van der Waals surface area contributed by atoms with Gasteiger partial charge in [-0.3, -0.25) is 15.1 Å². The van der Waals surface area contributed by atoms with Crippen LogP contribution in [0, 0.1) is 17.0 Å². The number of hydrogen-bond acceptors (Lipinski definition) is 6. The van der Waals surface area contributed by atoms with Crippen LogP contribution in [0.4, 0.5) is 11.6 Å². The third-order valence-corrected chi connectivity index (χ3v) is 2.68. The maximum absolute atomic E-state index is 11.2. The van der Waals surface area contributed by atoms with Crippen LogP contribution >= 0.6 is 0 Å². The average molecular weight is 273 g/mol. The van der Waals surface area contributed by atoms with Crippen molar-refractivity contribution >= 4 is 11.6 Å². The van der Waals surface area contributed by atoms with Crippen molar-refractivity contribution in [3.63, 3.8) is 0 Å². The molecule has 0 aliphatic carbocycles. The fraction of sp³-hybridized carbons (Fsp3) is 0.308. The third-order valence-electron chi connectivity index (χ3n) is 2.68. The Morgan fingerprint density at radius 1 is 1.35 bits per heavy atom. The molecule has 0 amide bonds. The molecule has 0 saturated heterocycles. The maximum Gasteiger partial charge on any atom is 0.318 e. The van der Waals surface area contributed by atoms with Gasteiger partial charge in [0.1, 0.15) is 5.69 Å². The summed E-state index contributed by atoms with van der Waals surface area (Å²) in [5.74, 6) is 0.385. The van der Waals surface area contributed by atoms with Gasteiger partial charge in [-0.25, -0.2) is 9.97 Å². The number of aryl methyl sites for hydroxylation is 1. The van der Waals surface area contributed by atoms with Crippen LogP contribution < -0.4 is 5.32 Å². The molecular formula is C13H15N5O2. The Bertz CT molecular complexity index is 616. The molecule has 7 nitrogen and oxygen atoms in total. The van der Waals surface area contributed by atoms with Gasteiger partial charge in [-0.15, -0.1) is 0 Å². The van der Waals surface area contributed by atoms with Gasteiger partial charge in [-0.2, -0.15) is 0 Å². The van der Waals surface area contributed by atoms with Crippen molar-refractivity contribution in [1.29, 1.82) is 0 Å². The first kappa shape index (κ1) is 13.9. The molecule has 0 saturated carbocycles. The molecule has 0 aliphatic heterocycles. The molecule has 0 radical (unpaired) electrons. The Hall–Kier alpha value is -2.57. The zero-order chi connectivity index (χ0) is 14.5. The second kappa shape index (κ2) is 6.05. The van der Waals surface area contributed by atoms with E-state index in [2.05, 4.69) is 20.3 Å². The van der Waals surface area contributed by atoms with Gasteiger partial charge < -0.3 is 5.32 Å². The number of nitrogens with one attached hydrogen (secondary N) is 1. The summed E-state index contributed by atoms with van der Waals surface area (Å²) < 4.78 is 0. The lowest BCUT2D eigenvalue weighted by molar-refractivity contribution is -0.385. The van der Waals surface area contributed by atoms with Crippen molar-refractivity contribution in [2.75, 3.05) is 11.9 Å². The number of rotatable bonds is 5. The highest BCUT2D eigenvalue weighted by molar-refractivity contribution is 5.68. The van der Waals surface area contributed by atoms with E-state index in [1.54, 1.807) is 31.3 Å². The van der Waals surface area contributed by atoms with Crippen molar-refractivity contribution < 1.29 is 4.92 Å². The van der Waals surface area contributed by atoms with E-state index in [-0.39, 0.29) is 11.4 Å². The van der Waals surface area contributed by atoms with Crippen LogP contribution in [0.5, 0.6) is 0 Å². The maximum atomic E-state index is 11.2. The summed E-state index contributed by atoms with van der Waals surface area (Å²) in [6, 6.07) is 5.21. The summed E-state index contributed by atoms with van der Waals surface area (Å²) in [6.07, 6.45) is 2.49. The summed E-state index contributed by atoms with van der Waals surface area (Å²) in [4.78, 5) is 23.2. The first-order valence-electron chi connectivity index (χ1n) is 6.31. The number of anilines is 1. The second-order valence-electron chi connectivity index (χ2n) is 4.23. The normalized spacial score (nSPS) is 10.3. The lowest BCUT2D eigenvalue weighted by Gasteiger charge is -2.08. The molecule has 104 valence electrons. The molecule has 0 fully saturated rings. The van der Waals surface area contributed by atoms with Gasteiger partial charge in [-0.05, 0) is 25.5 Å². The van der Waals surface area contributed by atoms with Crippen LogP contribution in [0.3, 0.4) is 0 Å². The van der Waals surface area contributed by atoms with Crippen molar-refractivity contribution in [2.45, 2.75) is 20.3 Å². The zero-order valence-electron chi connectivity index (χ0n) is 11.3. The number of aromatic nitrogens is 3. The zero-order valence-corrected chi connectivity index (χ0v) is 11.3. The van der Waals surface area contributed by atoms with Gasteiger partial charge >= 0.3 is 5.69 Å². The van der Waals surface area contributed by atoms with Gasteiger partial charge in [0.25, 0.3) is 0 Å². The molecule has 0 spiro atoms. The monoisotopic (exact) mass is 273 g/mol. The van der Waals surface area contributed by atoms with Crippen LogP contribution in [-0.4, -0.2) is 26.4 Å². The molecule has 0 bridgehead atoms. The molecular weight excluding hydrogens is 258 g/mol. The number of pyridine rings is 1. The van der Waals surface area contributed by atoms with E-state index in [9.17, 15) is 10.1 Å². The SMILES string of the molecule is CCCNc1nc(C)c([N+](=O)[O-])c(-c2ccccn2)n1. The second-order valence-corrected chi connectivity index (χ2v) is 4.23. The van der Waals surface area contributed by atoms with Gasteiger partial charge in [-0.1, -0.05) is 13.0 Å². The minimum atomic E-state index is -0.469.